The van der Waals surface area contributed by atoms with E-state index in [1.165, 1.54) is 37.4 Å². The van der Waals surface area contributed by atoms with Crippen molar-refractivity contribution in [1.82, 2.24) is 0 Å². The average molecular weight is 278 g/mol. The second-order valence-corrected chi connectivity index (χ2v) is 6.38. The van der Waals surface area contributed by atoms with E-state index in [0.29, 0.717) is 11.8 Å². The number of nitrogens with one attached hydrogen (secondary N) is 1. The van der Waals surface area contributed by atoms with E-state index < -0.39 is 0 Å². The number of amides is 1. The molecular weight excluding hydrogens is 256 g/mol. The summed E-state index contributed by atoms with van der Waals surface area (Å²) in [4.78, 5) is 12.0. The molecule has 1 aromatic carbocycles. The van der Waals surface area contributed by atoms with E-state index in [2.05, 4.69) is 18.3 Å². The molecule has 2 rings (SSSR count). The maximum absolute atomic E-state index is 10.9. The van der Waals surface area contributed by atoms with Crippen LogP contribution in [0.15, 0.2) is 29.2 Å². The van der Waals surface area contributed by atoms with Gasteiger partial charge in [-0.25, -0.2) is 0 Å². The number of nitrogens with two attached hydrogens (primary N) is 1. The standard InChI is InChI=1S/C15H22N2OS/c1-11-5-4-6-12(9-11)17-13-7-2-3-8-14(13)19-10-15(16)18/h2-3,7-8,11-12,17H,4-6,9-10H2,1H3,(H2,16,18). The van der Waals surface area contributed by atoms with Crippen LogP contribution >= 0.6 is 11.8 Å². The molecule has 0 spiro atoms. The lowest BCUT2D eigenvalue weighted by Gasteiger charge is -2.29. The molecule has 2 atom stereocenters. The Morgan fingerprint density at radius 2 is 2.21 bits per heavy atom. The highest BCUT2D eigenvalue weighted by molar-refractivity contribution is 8.00. The lowest BCUT2D eigenvalue weighted by atomic mass is 9.87. The van der Waals surface area contributed by atoms with Crippen molar-refractivity contribution >= 4 is 23.4 Å². The molecule has 1 aromatic rings. The van der Waals surface area contributed by atoms with Gasteiger partial charge >= 0.3 is 0 Å². The first-order valence-electron chi connectivity index (χ1n) is 6.92. The van der Waals surface area contributed by atoms with Crippen LogP contribution in [-0.2, 0) is 4.79 Å². The van der Waals surface area contributed by atoms with E-state index in [1.807, 2.05) is 18.2 Å². The first kappa shape index (κ1) is 14.3. The van der Waals surface area contributed by atoms with E-state index in [0.717, 1.165) is 16.5 Å². The van der Waals surface area contributed by atoms with Crippen molar-refractivity contribution in [3.8, 4) is 0 Å². The molecule has 1 aliphatic carbocycles. The van der Waals surface area contributed by atoms with Crippen molar-refractivity contribution in [2.75, 3.05) is 11.1 Å². The first-order chi connectivity index (χ1) is 9.15. The Balaban J connectivity index is 2.00. The number of carbonyl (C=O) groups is 1. The Bertz CT molecular complexity index is 436. The molecule has 0 radical (unpaired) electrons. The fraction of sp³-hybridized carbons (Fsp3) is 0.533. The van der Waals surface area contributed by atoms with Crippen LogP contribution in [0.2, 0.25) is 0 Å². The summed E-state index contributed by atoms with van der Waals surface area (Å²) in [5, 5.41) is 3.63. The number of benzene rings is 1. The fourth-order valence-corrected chi connectivity index (χ4v) is 3.40. The van der Waals surface area contributed by atoms with Crippen LogP contribution in [0.5, 0.6) is 0 Å². The summed E-state index contributed by atoms with van der Waals surface area (Å²) in [7, 11) is 0. The minimum Gasteiger partial charge on any atom is -0.381 e. The van der Waals surface area contributed by atoms with Gasteiger partial charge in [-0.3, -0.25) is 4.79 Å². The summed E-state index contributed by atoms with van der Waals surface area (Å²) in [5.41, 5.74) is 6.34. The van der Waals surface area contributed by atoms with Gasteiger partial charge in [-0.05, 0) is 30.9 Å². The smallest absolute Gasteiger partial charge is 0.227 e. The van der Waals surface area contributed by atoms with Crippen LogP contribution in [0.3, 0.4) is 0 Å². The van der Waals surface area contributed by atoms with Crippen LogP contribution in [0.25, 0.3) is 0 Å². The van der Waals surface area contributed by atoms with Crippen LogP contribution < -0.4 is 11.1 Å². The Hall–Kier alpha value is -1.16. The number of carbonyl (C=O) groups excluding carboxylic acids is 1. The molecule has 104 valence electrons. The number of rotatable bonds is 5. The first-order valence-corrected chi connectivity index (χ1v) is 7.90. The molecule has 0 aromatic heterocycles. The summed E-state index contributed by atoms with van der Waals surface area (Å²) in [6, 6.07) is 8.71. The van der Waals surface area contributed by atoms with Crippen molar-refractivity contribution in [2.45, 2.75) is 43.5 Å². The van der Waals surface area contributed by atoms with Crippen LogP contribution in [0.4, 0.5) is 5.69 Å². The molecule has 2 unspecified atom stereocenters. The molecule has 0 heterocycles. The molecule has 0 aliphatic heterocycles. The second-order valence-electron chi connectivity index (χ2n) is 5.36. The van der Waals surface area contributed by atoms with Crippen molar-refractivity contribution in [1.29, 1.82) is 0 Å². The monoisotopic (exact) mass is 278 g/mol. The fourth-order valence-electron chi connectivity index (χ4n) is 2.65. The Morgan fingerprint density at radius 1 is 1.42 bits per heavy atom. The number of hydrogen-bond donors (Lipinski definition) is 2. The SMILES string of the molecule is CC1CCCC(Nc2ccccc2SCC(N)=O)C1. The lowest BCUT2D eigenvalue weighted by Crippen LogP contribution is -2.26. The summed E-state index contributed by atoms with van der Waals surface area (Å²) in [5.74, 6) is 0.863. The summed E-state index contributed by atoms with van der Waals surface area (Å²) in [6.07, 6.45) is 5.11. The number of thioether (sulfide) groups is 1. The zero-order chi connectivity index (χ0) is 13.7. The normalized spacial score (nSPS) is 23.0. The van der Waals surface area contributed by atoms with Gasteiger partial charge in [-0.1, -0.05) is 31.9 Å². The predicted molar refractivity (Wildman–Crippen MR) is 81.4 cm³/mol. The number of hydrogen-bond acceptors (Lipinski definition) is 3. The van der Waals surface area contributed by atoms with Gasteiger partial charge in [0.25, 0.3) is 0 Å². The van der Waals surface area contributed by atoms with Crippen LogP contribution in [0, 0.1) is 5.92 Å². The highest BCUT2D eigenvalue weighted by Crippen LogP contribution is 2.31. The van der Waals surface area contributed by atoms with Crippen LogP contribution in [-0.4, -0.2) is 17.7 Å². The Kier molecular flexibility index (Phi) is 5.14. The quantitative estimate of drug-likeness (QED) is 0.813. The Morgan fingerprint density at radius 3 is 2.95 bits per heavy atom. The van der Waals surface area contributed by atoms with Crippen molar-refractivity contribution in [3.05, 3.63) is 24.3 Å². The number of primary amides is 1. The highest BCUT2D eigenvalue weighted by atomic mass is 32.2. The zero-order valence-corrected chi connectivity index (χ0v) is 12.2. The minimum absolute atomic E-state index is 0.272. The van der Waals surface area contributed by atoms with E-state index in [9.17, 15) is 4.79 Å². The molecule has 0 saturated heterocycles. The third-order valence-electron chi connectivity index (χ3n) is 3.55. The predicted octanol–water partition coefficient (Wildman–Crippen LogP) is 3.25. The van der Waals surface area contributed by atoms with Crippen molar-refractivity contribution < 1.29 is 4.79 Å². The van der Waals surface area contributed by atoms with E-state index in [4.69, 9.17) is 5.73 Å². The third-order valence-corrected chi connectivity index (χ3v) is 4.65. The summed E-state index contributed by atoms with van der Waals surface area (Å²) < 4.78 is 0. The maximum atomic E-state index is 10.9. The van der Waals surface area contributed by atoms with Gasteiger partial charge in [0.05, 0.1) is 5.75 Å². The average Bonchev–Trinajstić information content (AvgIpc) is 2.38. The van der Waals surface area contributed by atoms with Gasteiger partial charge in [0, 0.05) is 16.6 Å². The van der Waals surface area contributed by atoms with Gasteiger partial charge in [0.1, 0.15) is 0 Å². The topological polar surface area (TPSA) is 55.1 Å². The minimum atomic E-state index is -0.272. The van der Waals surface area contributed by atoms with E-state index in [-0.39, 0.29) is 5.91 Å². The maximum Gasteiger partial charge on any atom is 0.227 e. The van der Waals surface area contributed by atoms with Gasteiger partial charge in [-0.15, -0.1) is 11.8 Å². The van der Waals surface area contributed by atoms with E-state index in [1.54, 1.807) is 0 Å². The molecule has 4 heteroatoms. The molecule has 0 bridgehead atoms. The number of para-hydroxylation sites is 1. The van der Waals surface area contributed by atoms with Crippen molar-refractivity contribution in [3.63, 3.8) is 0 Å². The molecule has 3 nitrogen and oxygen atoms in total. The molecule has 19 heavy (non-hydrogen) atoms. The van der Waals surface area contributed by atoms with Crippen molar-refractivity contribution in [2.24, 2.45) is 11.7 Å². The summed E-state index contributed by atoms with van der Waals surface area (Å²) in [6.45, 7) is 2.32. The summed E-state index contributed by atoms with van der Waals surface area (Å²) >= 11 is 1.51. The third kappa shape index (κ3) is 4.46. The van der Waals surface area contributed by atoms with Crippen LogP contribution in [0.1, 0.15) is 32.6 Å². The zero-order valence-electron chi connectivity index (χ0n) is 11.4. The Labute approximate surface area is 119 Å². The largest absolute Gasteiger partial charge is 0.381 e. The van der Waals surface area contributed by atoms with Gasteiger partial charge < -0.3 is 11.1 Å². The lowest BCUT2D eigenvalue weighted by molar-refractivity contribution is -0.115. The van der Waals surface area contributed by atoms with Gasteiger partial charge in [0.15, 0.2) is 0 Å². The second kappa shape index (κ2) is 6.85. The van der Waals surface area contributed by atoms with Gasteiger partial charge in [0.2, 0.25) is 5.91 Å². The molecule has 1 amide bonds. The van der Waals surface area contributed by atoms with E-state index >= 15 is 0 Å². The highest BCUT2D eigenvalue weighted by Gasteiger charge is 2.19. The molecular formula is C15H22N2OS. The molecule has 1 fully saturated rings. The molecule has 1 aliphatic rings. The van der Waals surface area contributed by atoms with Gasteiger partial charge in [-0.2, -0.15) is 0 Å². The molecule has 3 N–H and O–H groups in total. The molecule has 1 saturated carbocycles. The number of anilines is 1.